The van der Waals surface area contributed by atoms with Gasteiger partial charge in [0.05, 0.1) is 24.2 Å². The summed E-state index contributed by atoms with van der Waals surface area (Å²) < 4.78 is 11.2. The number of likely N-dealkylation sites (N-methyl/N-ethyl adjacent to an activating group) is 1. The van der Waals surface area contributed by atoms with E-state index in [2.05, 4.69) is 36.9 Å². The molecule has 0 saturated carbocycles. The minimum atomic E-state index is -0.119. The number of fused-ring (bicyclic) bond motifs is 1. The van der Waals surface area contributed by atoms with Gasteiger partial charge in [-0.3, -0.25) is 4.79 Å². The third-order valence-corrected chi connectivity index (χ3v) is 6.03. The fourth-order valence-electron chi connectivity index (χ4n) is 4.24. The Morgan fingerprint density at radius 1 is 1.10 bits per heavy atom. The predicted octanol–water partition coefficient (Wildman–Crippen LogP) is 1.13. The van der Waals surface area contributed by atoms with Crippen LogP contribution in [0.1, 0.15) is 29.5 Å². The maximum absolute atomic E-state index is 13.0. The van der Waals surface area contributed by atoms with Crippen molar-refractivity contribution in [3.63, 3.8) is 0 Å². The number of hydrogen-bond acceptors (Lipinski definition) is 8. The van der Waals surface area contributed by atoms with Crippen LogP contribution in [0.4, 0.5) is 5.82 Å². The van der Waals surface area contributed by atoms with Crippen molar-refractivity contribution in [2.24, 2.45) is 0 Å². The molecule has 0 aromatic carbocycles. The Morgan fingerprint density at radius 2 is 1.83 bits per heavy atom. The van der Waals surface area contributed by atoms with Crippen LogP contribution in [0.15, 0.2) is 10.7 Å². The first-order valence-corrected chi connectivity index (χ1v) is 11.0. The summed E-state index contributed by atoms with van der Waals surface area (Å²) in [5.74, 6) is 1.21. The van der Waals surface area contributed by atoms with E-state index in [1.165, 1.54) is 6.33 Å². The van der Waals surface area contributed by atoms with Gasteiger partial charge in [-0.05, 0) is 26.4 Å². The molecule has 0 atom stereocenters. The number of nitrogens with one attached hydrogen (secondary N) is 1. The smallest absolute Gasteiger partial charge is 0.255 e. The molecule has 2 aliphatic heterocycles. The number of aryl methyl sites for hydroxylation is 1. The number of ether oxygens (including phenoxy) is 1. The molecule has 2 aromatic heterocycles. The van der Waals surface area contributed by atoms with Crippen molar-refractivity contribution in [2.45, 2.75) is 20.3 Å². The van der Waals surface area contributed by atoms with E-state index in [0.29, 0.717) is 42.2 Å². The average molecular weight is 417 g/mol. The van der Waals surface area contributed by atoms with Gasteiger partial charge in [-0.2, -0.15) is 0 Å². The van der Waals surface area contributed by atoms with Gasteiger partial charge in [0.15, 0.2) is 0 Å². The van der Waals surface area contributed by atoms with Crippen molar-refractivity contribution in [1.82, 2.24) is 25.1 Å². The Labute approximate surface area is 177 Å². The molecular formula is C21H32N6O3. The van der Waals surface area contributed by atoms with Crippen LogP contribution >= 0.6 is 0 Å². The third kappa shape index (κ3) is 4.58. The van der Waals surface area contributed by atoms with Crippen molar-refractivity contribution in [3.05, 3.63) is 17.7 Å². The Hall–Kier alpha value is -2.23. The molecule has 2 aromatic rings. The second-order valence-electron chi connectivity index (χ2n) is 7.90. The number of piperazine rings is 1. The molecule has 0 spiro atoms. The molecule has 1 N–H and O–H groups in total. The zero-order valence-electron chi connectivity index (χ0n) is 18.0. The van der Waals surface area contributed by atoms with Gasteiger partial charge in [0, 0.05) is 45.8 Å². The average Bonchev–Trinajstić information content (AvgIpc) is 3.13. The number of furan rings is 1. The van der Waals surface area contributed by atoms with Crippen molar-refractivity contribution in [3.8, 4) is 0 Å². The van der Waals surface area contributed by atoms with Crippen molar-refractivity contribution >= 4 is 22.8 Å². The summed E-state index contributed by atoms with van der Waals surface area (Å²) in [6, 6.07) is 0. The van der Waals surface area contributed by atoms with E-state index < -0.39 is 0 Å². The number of rotatable bonds is 7. The van der Waals surface area contributed by atoms with E-state index in [0.717, 1.165) is 64.6 Å². The van der Waals surface area contributed by atoms with Crippen molar-refractivity contribution < 1.29 is 13.9 Å². The van der Waals surface area contributed by atoms with E-state index in [1.54, 1.807) is 0 Å². The molecule has 2 fully saturated rings. The Bertz CT molecular complexity index is 856. The van der Waals surface area contributed by atoms with E-state index in [9.17, 15) is 4.79 Å². The maximum atomic E-state index is 13.0. The number of hydrogen-bond donors (Lipinski definition) is 1. The number of anilines is 1. The summed E-state index contributed by atoms with van der Waals surface area (Å²) in [5, 5.41) is 3.77. The summed E-state index contributed by atoms with van der Waals surface area (Å²) in [6.45, 7) is 14.0. The highest BCUT2D eigenvalue weighted by molar-refractivity contribution is 6.10. The van der Waals surface area contributed by atoms with Crippen LogP contribution in [-0.4, -0.2) is 97.8 Å². The number of nitrogens with zero attached hydrogens (tertiary/aromatic N) is 5. The Kier molecular flexibility index (Phi) is 6.81. The fraction of sp³-hybridized carbons (Fsp3) is 0.667. The molecule has 0 bridgehead atoms. The first-order valence-electron chi connectivity index (χ1n) is 11.0. The molecule has 2 saturated heterocycles. The molecule has 0 aliphatic carbocycles. The summed E-state index contributed by atoms with van der Waals surface area (Å²) in [5.41, 5.74) is 1.01. The van der Waals surface area contributed by atoms with E-state index in [-0.39, 0.29) is 5.91 Å². The van der Waals surface area contributed by atoms with Crippen molar-refractivity contribution in [2.75, 3.05) is 77.0 Å². The summed E-state index contributed by atoms with van der Waals surface area (Å²) in [6.07, 6.45) is 2.43. The van der Waals surface area contributed by atoms with Gasteiger partial charge < -0.3 is 29.2 Å². The van der Waals surface area contributed by atoms with Crippen LogP contribution in [0.5, 0.6) is 0 Å². The standard InChI is InChI=1S/C21H32N6O3/c1-3-25-7-9-26(10-8-25)6-4-5-22-20(28)17-16(2)30-21-18(17)19(23-15-24-21)27-11-13-29-14-12-27/h15H,3-14H2,1-2H3,(H,22,28). The number of morpholine rings is 1. The summed E-state index contributed by atoms with van der Waals surface area (Å²) in [7, 11) is 0. The van der Waals surface area contributed by atoms with E-state index in [1.807, 2.05) is 6.92 Å². The van der Waals surface area contributed by atoms with Crippen LogP contribution in [0, 0.1) is 6.92 Å². The minimum absolute atomic E-state index is 0.119. The lowest BCUT2D eigenvalue weighted by atomic mass is 10.1. The first-order chi connectivity index (χ1) is 14.7. The van der Waals surface area contributed by atoms with Gasteiger partial charge in [-0.25, -0.2) is 9.97 Å². The number of aromatic nitrogens is 2. The third-order valence-electron chi connectivity index (χ3n) is 6.03. The minimum Gasteiger partial charge on any atom is -0.442 e. The zero-order chi connectivity index (χ0) is 20.9. The largest absolute Gasteiger partial charge is 0.442 e. The fourth-order valence-corrected chi connectivity index (χ4v) is 4.24. The lowest BCUT2D eigenvalue weighted by molar-refractivity contribution is 0.0948. The van der Waals surface area contributed by atoms with Crippen molar-refractivity contribution in [1.29, 1.82) is 0 Å². The van der Waals surface area contributed by atoms with Crippen LogP contribution < -0.4 is 10.2 Å². The van der Waals surface area contributed by atoms with Crippen LogP contribution in [0.25, 0.3) is 11.1 Å². The molecule has 0 unspecified atom stereocenters. The zero-order valence-corrected chi connectivity index (χ0v) is 18.0. The van der Waals surface area contributed by atoms with E-state index >= 15 is 0 Å². The molecule has 9 heteroatoms. The molecule has 4 heterocycles. The van der Waals surface area contributed by atoms with Gasteiger partial charge >= 0.3 is 0 Å². The highest BCUT2D eigenvalue weighted by Crippen LogP contribution is 2.31. The summed E-state index contributed by atoms with van der Waals surface area (Å²) >= 11 is 0. The van der Waals surface area contributed by atoms with Gasteiger partial charge in [0.1, 0.15) is 17.9 Å². The Balaban J connectivity index is 1.39. The van der Waals surface area contributed by atoms with Gasteiger partial charge in [-0.15, -0.1) is 0 Å². The molecule has 164 valence electrons. The van der Waals surface area contributed by atoms with Gasteiger partial charge in [0.2, 0.25) is 5.71 Å². The van der Waals surface area contributed by atoms with Crippen LogP contribution in [0.3, 0.4) is 0 Å². The number of carbonyl (C=O) groups is 1. The highest BCUT2D eigenvalue weighted by atomic mass is 16.5. The lowest BCUT2D eigenvalue weighted by Crippen LogP contribution is -2.46. The van der Waals surface area contributed by atoms with Crippen LogP contribution in [-0.2, 0) is 4.74 Å². The molecule has 0 radical (unpaired) electrons. The topological polar surface area (TPSA) is 87.0 Å². The van der Waals surface area contributed by atoms with Gasteiger partial charge in [-0.1, -0.05) is 6.92 Å². The first kappa shape index (κ1) is 21.0. The second-order valence-corrected chi connectivity index (χ2v) is 7.90. The second kappa shape index (κ2) is 9.72. The normalized spacial score (nSPS) is 18.8. The highest BCUT2D eigenvalue weighted by Gasteiger charge is 2.26. The number of amides is 1. The lowest BCUT2D eigenvalue weighted by Gasteiger charge is -2.33. The van der Waals surface area contributed by atoms with Gasteiger partial charge in [0.25, 0.3) is 5.91 Å². The van der Waals surface area contributed by atoms with E-state index in [4.69, 9.17) is 9.15 Å². The molecular weight excluding hydrogens is 384 g/mol. The molecule has 1 amide bonds. The number of carbonyl (C=O) groups excluding carboxylic acids is 1. The quantitative estimate of drug-likeness (QED) is 0.672. The monoisotopic (exact) mass is 416 g/mol. The molecule has 4 rings (SSSR count). The summed E-state index contributed by atoms with van der Waals surface area (Å²) in [4.78, 5) is 28.8. The SMILES string of the molecule is CCN1CCN(CCCNC(=O)c2c(C)oc3ncnc(N4CCOCC4)c23)CC1. The Morgan fingerprint density at radius 3 is 2.57 bits per heavy atom. The molecule has 30 heavy (non-hydrogen) atoms. The maximum Gasteiger partial charge on any atom is 0.255 e. The molecule has 9 nitrogen and oxygen atoms in total. The predicted molar refractivity (Wildman–Crippen MR) is 115 cm³/mol. The molecule has 2 aliphatic rings. The van der Waals surface area contributed by atoms with Crippen LogP contribution in [0.2, 0.25) is 0 Å².